The van der Waals surface area contributed by atoms with Gasteiger partial charge in [0.15, 0.2) is 0 Å². The number of anilines is 1. The molecule has 2 aromatic rings. The molecular weight excluding hydrogens is 312 g/mol. The van der Waals surface area contributed by atoms with Gasteiger partial charge in [-0.05, 0) is 43.4 Å². The van der Waals surface area contributed by atoms with Crippen molar-refractivity contribution in [1.29, 1.82) is 0 Å². The molecule has 1 unspecified atom stereocenters. The normalized spacial score (nSPS) is 16.2. The average Bonchev–Trinajstić information content (AvgIpc) is 2.63. The highest BCUT2D eigenvalue weighted by atomic mass is 16.2. The Bertz CT molecular complexity index is 666. The third kappa shape index (κ3) is 5.28. The van der Waals surface area contributed by atoms with Gasteiger partial charge >= 0.3 is 6.03 Å². The maximum atomic E-state index is 12.1. The highest BCUT2D eigenvalue weighted by molar-refractivity contribution is 5.89. The van der Waals surface area contributed by atoms with Crippen LogP contribution in [0.15, 0.2) is 42.9 Å². The quantitative estimate of drug-likeness (QED) is 0.855. The molecule has 25 heavy (non-hydrogen) atoms. The van der Waals surface area contributed by atoms with E-state index >= 15 is 0 Å². The summed E-state index contributed by atoms with van der Waals surface area (Å²) in [4.78, 5) is 20.4. The maximum Gasteiger partial charge on any atom is 0.319 e. The smallest absolute Gasteiger partial charge is 0.319 e. The molecule has 0 saturated heterocycles. The molecule has 132 valence electrons. The minimum Gasteiger partial charge on any atom is -0.335 e. The summed E-state index contributed by atoms with van der Waals surface area (Å²) in [5.41, 5.74) is 3.08. The number of nitrogens with zero attached hydrogens (tertiary/aromatic N) is 2. The number of benzene rings is 1. The number of hydrogen-bond donors (Lipinski definition) is 2. The molecule has 1 aliphatic rings. The lowest BCUT2D eigenvalue weighted by atomic mass is 9.84. The summed E-state index contributed by atoms with van der Waals surface area (Å²) in [6.07, 6.45) is 12.3. The first kappa shape index (κ1) is 17.4. The molecule has 1 aliphatic carbocycles. The molecule has 0 spiro atoms. The van der Waals surface area contributed by atoms with E-state index in [1.807, 2.05) is 19.1 Å². The summed E-state index contributed by atoms with van der Waals surface area (Å²) in [7, 11) is 0. The van der Waals surface area contributed by atoms with E-state index in [0.717, 1.165) is 11.4 Å². The van der Waals surface area contributed by atoms with Crippen LogP contribution in [0.5, 0.6) is 0 Å². The Balaban J connectivity index is 1.48. The van der Waals surface area contributed by atoms with Crippen LogP contribution in [0.25, 0.3) is 0 Å². The van der Waals surface area contributed by atoms with Crippen molar-refractivity contribution in [2.75, 3.05) is 5.32 Å². The van der Waals surface area contributed by atoms with Crippen molar-refractivity contribution in [2.45, 2.75) is 57.4 Å². The molecular formula is C20H26N4O. The largest absolute Gasteiger partial charge is 0.335 e. The van der Waals surface area contributed by atoms with Crippen LogP contribution in [0, 0.1) is 0 Å². The van der Waals surface area contributed by atoms with Crippen LogP contribution in [-0.4, -0.2) is 22.0 Å². The lowest BCUT2D eigenvalue weighted by Gasteiger charge is -2.22. The number of carbonyl (C=O) groups excluding carboxylic acids is 1. The fourth-order valence-electron chi connectivity index (χ4n) is 3.47. The molecule has 0 bridgehead atoms. The molecule has 3 rings (SSSR count). The zero-order valence-electron chi connectivity index (χ0n) is 14.7. The fraction of sp³-hybridized carbons (Fsp3) is 0.450. The van der Waals surface area contributed by atoms with E-state index < -0.39 is 0 Å². The highest BCUT2D eigenvalue weighted by Crippen LogP contribution is 2.32. The molecule has 1 atom stereocenters. The van der Waals surface area contributed by atoms with Gasteiger partial charge in [-0.25, -0.2) is 4.79 Å². The third-order valence-corrected chi connectivity index (χ3v) is 4.75. The van der Waals surface area contributed by atoms with Gasteiger partial charge in [0, 0.05) is 36.7 Å². The summed E-state index contributed by atoms with van der Waals surface area (Å²) in [6, 6.07) is 8.08. The van der Waals surface area contributed by atoms with Gasteiger partial charge in [0.1, 0.15) is 0 Å². The Morgan fingerprint density at radius 2 is 1.92 bits per heavy atom. The monoisotopic (exact) mass is 338 g/mol. The van der Waals surface area contributed by atoms with E-state index in [2.05, 4.69) is 32.7 Å². The number of carbonyl (C=O) groups is 1. The van der Waals surface area contributed by atoms with Crippen molar-refractivity contribution in [2.24, 2.45) is 0 Å². The van der Waals surface area contributed by atoms with Crippen LogP contribution in [0.1, 0.15) is 56.2 Å². The van der Waals surface area contributed by atoms with E-state index in [-0.39, 0.29) is 12.1 Å². The zero-order chi connectivity index (χ0) is 17.5. The molecule has 5 nitrogen and oxygen atoms in total. The van der Waals surface area contributed by atoms with Gasteiger partial charge in [-0.3, -0.25) is 9.97 Å². The lowest BCUT2D eigenvalue weighted by Crippen LogP contribution is -2.37. The standard InChI is InChI=1S/C20H26N4O/c1-15(13-19-14-21-11-12-22-19)23-20(25)24-18-9-7-17(8-10-18)16-5-3-2-4-6-16/h7-12,14-16H,2-6,13H2,1H3,(H2,23,24,25). The summed E-state index contributed by atoms with van der Waals surface area (Å²) in [5.74, 6) is 0.684. The number of nitrogens with one attached hydrogen (secondary N) is 2. The van der Waals surface area contributed by atoms with E-state index in [4.69, 9.17) is 0 Å². The molecule has 2 N–H and O–H groups in total. The van der Waals surface area contributed by atoms with Crippen molar-refractivity contribution in [3.63, 3.8) is 0 Å². The van der Waals surface area contributed by atoms with Crippen molar-refractivity contribution in [3.05, 3.63) is 54.1 Å². The Morgan fingerprint density at radius 3 is 2.60 bits per heavy atom. The summed E-state index contributed by atoms with van der Waals surface area (Å²) < 4.78 is 0. The van der Waals surface area contributed by atoms with Crippen molar-refractivity contribution in [1.82, 2.24) is 15.3 Å². The Hall–Kier alpha value is -2.43. The van der Waals surface area contributed by atoms with Crippen LogP contribution >= 0.6 is 0 Å². The summed E-state index contributed by atoms with van der Waals surface area (Å²) in [6.45, 7) is 1.96. The van der Waals surface area contributed by atoms with Gasteiger partial charge in [-0.1, -0.05) is 31.4 Å². The van der Waals surface area contributed by atoms with E-state index in [9.17, 15) is 4.79 Å². The molecule has 1 aromatic carbocycles. The first-order valence-electron chi connectivity index (χ1n) is 9.13. The van der Waals surface area contributed by atoms with Gasteiger partial charge in [-0.2, -0.15) is 0 Å². The first-order chi connectivity index (χ1) is 12.2. The first-order valence-corrected chi connectivity index (χ1v) is 9.13. The topological polar surface area (TPSA) is 66.9 Å². The second-order valence-electron chi connectivity index (χ2n) is 6.86. The van der Waals surface area contributed by atoms with Gasteiger partial charge in [0.25, 0.3) is 0 Å². The zero-order valence-corrected chi connectivity index (χ0v) is 14.7. The number of amides is 2. The highest BCUT2D eigenvalue weighted by Gasteiger charge is 2.15. The van der Waals surface area contributed by atoms with Crippen molar-refractivity contribution in [3.8, 4) is 0 Å². The van der Waals surface area contributed by atoms with Gasteiger partial charge in [0.05, 0.1) is 5.69 Å². The second kappa shape index (κ2) is 8.60. The maximum absolute atomic E-state index is 12.1. The Kier molecular flexibility index (Phi) is 5.99. The van der Waals surface area contributed by atoms with Crippen LogP contribution < -0.4 is 10.6 Å². The van der Waals surface area contributed by atoms with Crippen LogP contribution in [0.3, 0.4) is 0 Å². The lowest BCUT2D eigenvalue weighted by molar-refractivity contribution is 0.249. The predicted octanol–water partition coefficient (Wildman–Crippen LogP) is 4.28. The molecule has 0 aliphatic heterocycles. The minimum atomic E-state index is -0.193. The summed E-state index contributed by atoms with van der Waals surface area (Å²) in [5, 5.41) is 5.84. The molecule has 1 saturated carbocycles. The number of rotatable bonds is 5. The predicted molar refractivity (Wildman–Crippen MR) is 99.6 cm³/mol. The Labute approximate surface area is 149 Å². The number of aromatic nitrogens is 2. The van der Waals surface area contributed by atoms with E-state index in [1.54, 1.807) is 18.6 Å². The molecule has 1 fully saturated rings. The van der Waals surface area contributed by atoms with Crippen LogP contribution in [0.2, 0.25) is 0 Å². The molecule has 0 radical (unpaired) electrons. The SMILES string of the molecule is CC(Cc1cnccn1)NC(=O)Nc1ccc(C2CCCCC2)cc1. The average molecular weight is 338 g/mol. The van der Waals surface area contributed by atoms with E-state index in [0.29, 0.717) is 12.3 Å². The molecule has 1 heterocycles. The molecule has 1 aromatic heterocycles. The third-order valence-electron chi connectivity index (χ3n) is 4.75. The summed E-state index contributed by atoms with van der Waals surface area (Å²) >= 11 is 0. The molecule has 5 heteroatoms. The van der Waals surface area contributed by atoms with E-state index in [1.165, 1.54) is 37.7 Å². The van der Waals surface area contributed by atoms with Gasteiger partial charge in [-0.15, -0.1) is 0 Å². The Morgan fingerprint density at radius 1 is 1.16 bits per heavy atom. The van der Waals surface area contributed by atoms with Crippen molar-refractivity contribution >= 4 is 11.7 Å². The van der Waals surface area contributed by atoms with Crippen LogP contribution in [0.4, 0.5) is 10.5 Å². The number of urea groups is 1. The number of hydrogen-bond acceptors (Lipinski definition) is 3. The molecule has 2 amide bonds. The van der Waals surface area contributed by atoms with Crippen LogP contribution in [-0.2, 0) is 6.42 Å². The fourth-order valence-corrected chi connectivity index (χ4v) is 3.47. The van der Waals surface area contributed by atoms with Gasteiger partial charge in [0.2, 0.25) is 0 Å². The minimum absolute atomic E-state index is 0.0155. The van der Waals surface area contributed by atoms with Crippen molar-refractivity contribution < 1.29 is 4.79 Å². The van der Waals surface area contributed by atoms with Gasteiger partial charge < -0.3 is 10.6 Å². The second-order valence-corrected chi connectivity index (χ2v) is 6.86.